The van der Waals surface area contributed by atoms with Gasteiger partial charge < -0.3 is 19.5 Å². The van der Waals surface area contributed by atoms with E-state index in [2.05, 4.69) is 16.3 Å². The minimum Gasteiger partial charge on any atom is -0.489 e. The first kappa shape index (κ1) is 34.0. The molecule has 0 aromatic heterocycles. The Morgan fingerprint density at radius 2 is 1.56 bits per heavy atom. The lowest BCUT2D eigenvalue weighted by Gasteiger charge is -2.23. The Labute approximate surface area is 267 Å². The Kier molecular flexibility index (Phi) is 10.9. The van der Waals surface area contributed by atoms with Crippen LogP contribution in [0.25, 0.3) is 11.1 Å². The third-order valence-electron chi connectivity index (χ3n) is 7.32. The number of rotatable bonds is 10. The van der Waals surface area contributed by atoms with Gasteiger partial charge in [0.25, 0.3) is 0 Å². The summed E-state index contributed by atoms with van der Waals surface area (Å²) >= 11 is 0. The number of carbonyl (C=O) groups excluding carboxylic acids is 2. The van der Waals surface area contributed by atoms with E-state index in [9.17, 15) is 9.59 Å². The quantitative estimate of drug-likeness (QED) is 0.231. The van der Waals surface area contributed by atoms with Crippen LogP contribution >= 0.6 is 0 Å². The molecule has 0 unspecified atom stereocenters. The fourth-order valence-corrected chi connectivity index (χ4v) is 5.45. The molecule has 4 rings (SSSR count). The van der Waals surface area contributed by atoms with Crippen LogP contribution in [0.5, 0.6) is 5.75 Å². The summed E-state index contributed by atoms with van der Waals surface area (Å²) in [6.45, 7) is 15.7. The number of ether oxygens (including phenoxy) is 3. The highest BCUT2D eigenvalue weighted by atomic mass is 19.1. The maximum atomic E-state index is 16.1. The molecule has 0 radical (unpaired) electrons. The third kappa shape index (κ3) is 10.3. The van der Waals surface area contributed by atoms with Crippen LogP contribution in [0.4, 0.5) is 9.18 Å². The summed E-state index contributed by atoms with van der Waals surface area (Å²) in [7, 11) is 0. The van der Waals surface area contributed by atoms with Gasteiger partial charge >= 0.3 is 12.1 Å². The molecule has 1 heterocycles. The van der Waals surface area contributed by atoms with Gasteiger partial charge in [-0.3, -0.25) is 9.69 Å². The van der Waals surface area contributed by atoms with Gasteiger partial charge in [0.1, 0.15) is 29.4 Å². The van der Waals surface area contributed by atoms with Crippen LogP contribution in [0, 0.1) is 5.82 Å². The molecular weight excluding hydrogens is 571 g/mol. The Bertz CT molecular complexity index is 1480. The molecular formula is C37H47FN2O5. The zero-order valence-electron chi connectivity index (χ0n) is 27.7. The number of benzene rings is 3. The summed E-state index contributed by atoms with van der Waals surface area (Å²) in [4.78, 5) is 27.3. The van der Waals surface area contributed by atoms with Crippen molar-refractivity contribution in [1.29, 1.82) is 0 Å². The molecule has 0 spiro atoms. The Morgan fingerprint density at radius 1 is 0.889 bits per heavy atom. The number of hydrogen-bond acceptors (Lipinski definition) is 6. The Balaban J connectivity index is 1.60. The summed E-state index contributed by atoms with van der Waals surface area (Å²) < 4.78 is 33.3. The van der Waals surface area contributed by atoms with Crippen LogP contribution in [-0.2, 0) is 33.8 Å². The summed E-state index contributed by atoms with van der Waals surface area (Å²) in [6.07, 6.45) is 1.84. The highest BCUT2D eigenvalue weighted by Gasteiger charge is 2.22. The van der Waals surface area contributed by atoms with Crippen LogP contribution in [-0.4, -0.2) is 41.3 Å². The summed E-state index contributed by atoms with van der Waals surface area (Å²) in [6, 6.07) is 18.2. The normalized spacial score (nSPS) is 14.6. The highest BCUT2D eigenvalue weighted by molar-refractivity contribution is 5.74. The van der Waals surface area contributed by atoms with Gasteiger partial charge in [0.2, 0.25) is 0 Å². The molecule has 1 fully saturated rings. The first-order valence-corrected chi connectivity index (χ1v) is 15.7. The fraction of sp³-hybridized carbons (Fsp3) is 0.459. The maximum absolute atomic E-state index is 16.1. The second kappa shape index (κ2) is 14.5. The molecule has 3 aromatic carbocycles. The van der Waals surface area contributed by atoms with Gasteiger partial charge in [-0.1, -0.05) is 42.5 Å². The number of carbonyl (C=O) groups is 2. The van der Waals surface area contributed by atoms with Gasteiger partial charge in [-0.2, -0.15) is 0 Å². The zero-order valence-corrected chi connectivity index (χ0v) is 27.7. The standard InChI is InChI=1S/C37H47FN2O5/c1-25(39-35(42)45-37(5,6)7)30-14-12-15-31(34(30)38)29-20-26(23-40-17-10-11-18-40)19-27(21-29)24-43-32-16-9-8-13-28(32)22-33(41)44-36(2,3)4/h8-9,12-16,19-21,25H,10-11,17-18,22-24H2,1-7H3,(H,39,42)/t25-/m1/s1. The molecule has 242 valence electrons. The van der Waals surface area contributed by atoms with E-state index >= 15 is 4.39 Å². The number of hydrogen-bond donors (Lipinski definition) is 1. The van der Waals surface area contributed by atoms with Gasteiger partial charge in [-0.05, 0) is 109 Å². The van der Waals surface area contributed by atoms with Gasteiger partial charge in [0.15, 0.2) is 0 Å². The largest absolute Gasteiger partial charge is 0.489 e. The summed E-state index contributed by atoms with van der Waals surface area (Å²) in [5.41, 5.74) is 3.02. The van der Waals surface area contributed by atoms with Gasteiger partial charge in [0.05, 0.1) is 12.5 Å². The molecule has 1 aliphatic heterocycles. The number of para-hydroxylation sites is 1. The number of alkyl carbamates (subject to hydrolysis) is 1. The molecule has 0 bridgehead atoms. The first-order chi connectivity index (χ1) is 21.2. The van der Waals surface area contributed by atoms with Crippen LogP contribution in [0.1, 0.15) is 89.6 Å². The van der Waals surface area contributed by atoms with E-state index in [-0.39, 0.29) is 19.0 Å². The van der Waals surface area contributed by atoms with E-state index in [1.165, 1.54) is 12.8 Å². The fourth-order valence-electron chi connectivity index (χ4n) is 5.45. The molecule has 0 saturated carbocycles. The second-order valence-corrected chi connectivity index (χ2v) is 13.8. The van der Waals surface area contributed by atoms with E-state index in [1.807, 2.05) is 57.2 Å². The number of amides is 1. The topological polar surface area (TPSA) is 77.1 Å². The zero-order chi connectivity index (χ0) is 32.8. The Hall–Kier alpha value is -3.91. The van der Waals surface area contributed by atoms with Crippen molar-refractivity contribution < 1.29 is 28.2 Å². The lowest BCUT2D eigenvalue weighted by molar-refractivity contribution is -0.153. The molecule has 8 heteroatoms. The maximum Gasteiger partial charge on any atom is 0.408 e. The molecule has 1 aliphatic rings. The lowest BCUT2D eigenvalue weighted by atomic mass is 9.96. The predicted octanol–water partition coefficient (Wildman–Crippen LogP) is 8.14. The van der Waals surface area contributed by atoms with Crippen LogP contribution in [0.2, 0.25) is 0 Å². The van der Waals surface area contributed by atoms with Crippen molar-refractivity contribution in [2.24, 2.45) is 0 Å². The molecule has 3 aromatic rings. The van der Waals surface area contributed by atoms with Crippen molar-refractivity contribution in [2.45, 2.75) is 98.1 Å². The first-order valence-electron chi connectivity index (χ1n) is 15.7. The van der Waals surface area contributed by atoms with E-state index < -0.39 is 29.2 Å². The van der Waals surface area contributed by atoms with Crippen molar-refractivity contribution in [3.05, 3.63) is 88.7 Å². The van der Waals surface area contributed by atoms with Gasteiger partial charge in [0, 0.05) is 23.2 Å². The number of halogens is 1. The molecule has 1 amide bonds. The summed E-state index contributed by atoms with van der Waals surface area (Å²) in [5.74, 6) is -0.113. The van der Waals surface area contributed by atoms with Crippen molar-refractivity contribution in [3.8, 4) is 16.9 Å². The van der Waals surface area contributed by atoms with E-state index in [4.69, 9.17) is 14.2 Å². The molecule has 1 N–H and O–H groups in total. The third-order valence-corrected chi connectivity index (χ3v) is 7.32. The van der Waals surface area contributed by atoms with Crippen molar-refractivity contribution in [3.63, 3.8) is 0 Å². The van der Waals surface area contributed by atoms with Gasteiger partial charge in [-0.25, -0.2) is 9.18 Å². The summed E-state index contributed by atoms with van der Waals surface area (Å²) in [5, 5.41) is 2.75. The number of likely N-dealkylation sites (tertiary alicyclic amines) is 1. The molecule has 7 nitrogen and oxygen atoms in total. The average molecular weight is 619 g/mol. The SMILES string of the molecule is C[C@@H](NC(=O)OC(C)(C)C)c1cccc(-c2cc(COc3ccccc3CC(=O)OC(C)(C)C)cc(CN3CCCC3)c2)c1F. The van der Waals surface area contributed by atoms with E-state index in [0.717, 1.165) is 41.9 Å². The molecule has 1 saturated heterocycles. The van der Waals surface area contributed by atoms with E-state index in [1.54, 1.807) is 45.9 Å². The van der Waals surface area contributed by atoms with Crippen LogP contribution in [0.3, 0.4) is 0 Å². The Morgan fingerprint density at radius 3 is 2.24 bits per heavy atom. The number of nitrogens with zero attached hydrogens (tertiary/aromatic N) is 1. The van der Waals surface area contributed by atoms with Crippen LogP contribution < -0.4 is 10.1 Å². The van der Waals surface area contributed by atoms with Gasteiger partial charge in [-0.15, -0.1) is 0 Å². The van der Waals surface area contributed by atoms with E-state index in [0.29, 0.717) is 16.9 Å². The highest BCUT2D eigenvalue weighted by Crippen LogP contribution is 2.31. The smallest absolute Gasteiger partial charge is 0.408 e. The minimum absolute atomic E-state index is 0.0984. The van der Waals surface area contributed by atoms with Crippen molar-refractivity contribution in [2.75, 3.05) is 13.1 Å². The number of nitrogens with one attached hydrogen (secondary N) is 1. The molecule has 0 aliphatic carbocycles. The number of esters is 1. The minimum atomic E-state index is -0.658. The molecule has 45 heavy (non-hydrogen) atoms. The molecule has 1 atom stereocenters. The van der Waals surface area contributed by atoms with Crippen molar-refractivity contribution in [1.82, 2.24) is 10.2 Å². The van der Waals surface area contributed by atoms with Crippen molar-refractivity contribution >= 4 is 12.1 Å². The van der Waals surface area contributed by atoms with Crippen LogP contribution in [0.15, 0.2) is 60.7 Å². The average Bonchev–Trinajstić information content (AvgIpc) is 3.43. The lowest BCUT2D eigenvalue weighted by Crippen LogP contribution is -2.34. The second-order valence-electron chi connectivity index (χ2n) is 13.8. The predicted molar refractivity (Wildman–Crippen MR) is 174 cm³/mol. The monoisotopic (exact) mass is 618 g/mol.